The van der Waals surface area contributed by atoms with Crippen molar-refractivity contribution in [3.05, 3.63) is 65.9 Å². The van der Waals surface area contributed by atoms with Crippen molar-refractivity contribution in [1.29, 1.82) is 0 Å². The van der Waals surface area contributed by atoms with Crippen LogP contribution in [0.5, 0.6) is 11.5 Å². The van der Waals surface area contributed by atoms with Crippen LogP contribution in [0.3, 0.4) is 0 Å². The number of anilines is 3. The highest BCUT2D eigenvalue weighted by molar-refractivity contribution is 5.64. The molecule has 0 spiro atoms. The number of methoxy groups -OCH3 is 1. The fourth-order valence-electron chi connectivity index (χ4n) is 2.92. The highest BCUT2D eigenvalue weighted by Crippen LogP contribution is 2.27. The van der Waals surface area contributed by atoms with Crippen molar-refractivity contribution in [2.24, 2.45) is 0 Å². The first-order chi connectivity index (χ1) is 13.7. The van der Waals surface area contributed by atoms with E-state index in [4.69, 9.17) is 9.47 Å². The molecule has 0 amide bonds. The zero-order chi connectivity index (χ0) is 19.8. The Labute approximate surface area is 166 Å². The van der Waals surface area contributed by atoms with Crippen molar-refractivity contribution < 1.29 is 9.47 Å². The average Bonchev–Trinajstić information content (AvgIpc) is 2.70. The van der Waals surface area contributed by atoms with Crippen molar-refractivity contribution >= 4 is 17.5 Å². The fourth-order valence-corrected chi connectivity index (χ4v) is 2.92. The summed E-state index contributed by atoms with van der Waals surface area (Å²) >= 11 is 0. The minimum atomic E-state index is 0.589. The van der Waals surface area contributed by atoms with Gasteiger partial charge in [0.25, 0.3) is 0 Å². The van der Waals surface area contributed by atoms with Gasteiger partial charge in [0.05, 0.1) is 19.4 Å². The molecule has 0 bridgehead atoms. The van der Waals surface area contributed by atoms with E-state index in [9.17, 15) is 0 Å². The number of aromatic nitrogens is 2. The van der Waals surface area contributed by atoms with Crippen molar-refractivity contribution in [3.8, 4) is 11.5 Å². The van der Waals surface area contributed by atoms with Crippen molar-refractivity contribution in [2.75, 3.05) is 30.9 Å². The maximum absolute atomic E-state index is 5.67. The van der Waals surface area contributed by atoms with Crippen LogP contribution < -0.4 is 20.1 Å². The number of nitrogens with zero attached hydrogens (tertiary/aromatic N) is 2. The lowest BCUT2D eigenvalue weighted by Gasteiger charge is -2.13. The first-order valence-corrected chi connectivity index (χ1v) is 9.40. The number of nitrogens with one attached hydrogen (secondary N) is 2. The Balaban J connectivity index is 1.68. The van der Waals surface area contributed by atoms with E-state index in [1.54, 1.807) is 7.11 Å². The van der Waals surface area contributed by atoms with Crippen molar-refractivity contribution in [2.45, 2.75) is 20.3 Å². The van der Waals surface area contributed by atoms with Crippen LogP contribution in [0.4, 0.5) is 17.5 Å². The van der Waals surface area contributed by atoms with Gasteiger partial charge in [-0.3, -0.25) is 0 Å². The molecular weight excluding hydrogens is 352 g/mol. The lowest BCUT2D eigenvalue weighted by Crippen LogP contribution is -2.10. The largest absolute Gasteiger partial charge is 0.496 e. The lowest BCUT2D eigenvalue weighted by atomic mass is 10.1. The van der Waals surface area contributed by atoms with Crippen LogP contribution in [0.2, 0.25) is 0 Å². The molecule has 6 nitrogen and oxygen atoms in total. The number of benzene rings is 2. The lowest BCUT2D eigenvalue weighted by molar-refractivity contribution is 0.342. The summed E-state index contributed by atoms with van der Waals surface area (Å²) in [6.07, 6.45) is 0.817. The molecular formula is C22H26N4O2. The van der Waals surface area contributed by atoms with E-state index >= 15 is 0 Å². The quantitative estimate of drug-likeness (QED) is 0.568. The summed E-state index contributed by atoms with van der Waals surface area (Å²) in [5.74, 6) is 3.00. The number of hydrogen-bond donors (Lipinski definition) is 2. The van der Waals surface area contributed by atoms with Gasteiger partial charge in [0.2, 0.25) is 5.95 Å². The van der Waals surface area contributed by atoms with Crippen molar-refractivity contribution in [3.63, 3.8) is 0 Å². The van der Waals surface area contributed by atoms with Gasteiger partial charge in [-0.25, -0.2) is 4.98 Å². The van der Waals surface area contributed by atoms with E-state index in [1.807, 2.05) is 62.4 Å². The van der Waals surface area contributed by atoms with E-state index in [0.29, 0.717) is 19.1 Å². The molecule has 3 rings (SSSR count). The smallest absolute Gasteiger partial charge is 0.224 e. The second-order valence-electron chi connectivity index (χ2n) is 6.26. The molecule has 2 N–H and O–H groups in total. The molecule has 0 fully saturated rings. The monoisotopic (exact) mass is 378 g/mol. The van der Waals surface area contributed by atoms with Gasteiger partial charge in [-0.15, -0.1) is 0 Å². The van der Waals surface area contributed by atoms with Crippen LogP contribution in [0, 0.1) is 6.92 Å². The summed E-state index contributed by atoms with van der Waals surface area (Å²) in [5.41, 5.74) is 2.91. The van der Waals surface area contributed by atoms with Gasteiger partial charge in [0.15, 0.2) is 0 Å². The van der Waals surface area contributed by atoms with E-state index in [-0.39, 0.29) is 0 Å². The molecule has 0 unspecified atom stereocenters. The SMILES string of the molecule is CCOc1ccccc1Nc1cc(C)nc(NCCc2ccccc2OC)n1. The third kappa shape index (κ3) is 5.13. The number of ether oxygens (including phenoxy) is 2. The minimum Gasteiger partial charge on any atom is -0.496 e. The summed E-state index contributed by atoms with van der Waals surface area (Å²) in [7, 11) is 1.69. The molecule has 0 aliphatic carbocycles. The Morgan fingerprint density at radius 3 is 2.50 bits per heavy atom. The highest BCUT2D eigenvalue weighted by Gasteiger charge is 2.07. The predicted octanol–water partition coefficient (Wildman–Crippen LogP) is 4.59. The van der Waals surface area contributed by atoms with Gasteiger partial charge >= 0.3 is 0 Å². The van der Waals surface area contributed by atoms with Crippen LogP contribution in [0.1, 0.15) is 18.2 Å². The van der Waals surface area contributed by atoms with Crippen LogP contribution in [-0.4, -0.2) is 30.2 Å². The molecule has 0 atom stereocenters. The van der Waals surface area contributed by atoms with Gasteiger partial charge in [0.1, 0.15) is 17.3 Å². The summed E-state index contributed by atoms with van der Waals surface area (Å²) in [4.78, 5) is 9.07. The first-order valence-electron chi connectivity index (χ1n) is 9.40. The molecule has 3 aromatic rings. The maximum Gasteiger partial charge on any atom is 0.224 e. The molecule has 0 saturated heterocycles. The second kappa shape index (κ2) is 9.60. The van der Waals surface area contributed by atoms with Crippen molar-refractivity contribution in [1.82, 2.24) is 9.97 Å². The van der Waals surface area contributed by atoms with E-state index in [0.717, 1.165) is 40.7 Å². The van der Waals surface area contributed by atoms with E-state index in [2.05, 4.69) is 26.7 Å². The summed E-state index contributed by atoms with van der Waals surface area (Å²) < 4.78 is 11.1. The van der Waals surface area contributed by atoms with Gasteiger partial charge in [-0.1, -0.05) is 30.3 Å². The molecule has 6 heteroatoms. The van der Waals surface area contributed by atoms with Crippen LogP contribution in [-0.2, 0) is 6.42 Å². The topological polar surface area (TPSA) is 68.3 Å². The van der Waals surface area contributed by atoms with Gasteiger partial charge < -0.3 is 20.1 Å². The molecule has 2 aromatic carbocycles. The molecule has 0 aliphatic heterocycles. The number of hydrogen-bond acceptors (Lipinski definition) is 6. The normalized spacial score (nSPS) is 10.4. The Morgan fingerprint density at radius 2 is 1.71 bits per heavy atom. The molecule has 1 aromatic heterocycles. The second-order valence-corrected chi connectivity index (χ2v) is 6.26. The fraction of sp³-hybridized carbons (Fsp3) is 0.273. The Bertz CT molecular complexity index is 915. The van der Waals surface area contributed by atoms with E-state index in [1.165, 1.54) is 0 Å². The molecule has 28 heavy (non-hydrogen) atoms. The number of aryl methyl sites for hydroxylation is 1. The predicted molar refractivity (Wildman–Crippen MR) is 113 cm³/mol. The standard InChI is InChI=1S/C22H26N4O2/c1-4-28-20-12-8-6-10-18(20)25-21-15-16(2)24-22(26-21)23-14-13-17-9-5-7-11-19(17)27-3/h5-12,15H,4,13-14H2,1-3H3,(H2,23,24,25,26). The molecule has 0 radical (unpaired) electrons. The number of para-hydroxylation sites is 3. The zero-order valence-corrected chi connectivity index (χ0v) is 16.5. The third-order valence-electron chi connectivity index (χ3n) is 4.17. The molecule has 1 heterocycles. The number of rotatable bonds is 9. The maximum atomic E-state index is 5.67. The Morgan fingerprint density at radius 1 is 0.964 bits per heavy atom. The summed E-state index contributed by atoms with van der Waals surface area (Å²) in [5, 5.41) is 6.63. The van der Waals surface area contributed by atoms with Gasteiger partial charge in [-0.05, 0) is 44.0 Å². The molecule has 146 valence electrons. The first kappa shape index (κ1) is 19.5. The highest BCUT2D eigenvalue weighted by atomic mass is 16.5. The summed E-state index contributed by atoms with van der Waals surface area (Å²) in [6, 6.07) is 17.7. The van der Waals surface area contributed by atoms with Crippen LogP contribution in [0.15, 0.2) is 54.6 Å². The Hall–Kier alpha value is -3.28. The van der Waals surface area contributed by atoms with Gasteiger partial charge in [0, 0.05) is 18.3 Å². The molecule has 0 aliphatic rings. The summed E-state index contributed by atoms with van der Waals surface area (Å²) in [6.45, 7) is 5.23. The third-order valence-corrected chi connectivity index (χ3v) is 4.17. The Kier molecular flexibility index (Phi) is 6.68. The van der Waals surface area contributed by atoms with Crippen LogP contribution >= 0.6 is 0 Å². The minimum absolute atomic E-state index is 0.589. The average molecular weight is 378 g/mol. The molecule has 0 saturated carbocycles. The van der Waals surface area contributed by atoms with Gasteiger partial charge in [-0.2, -0.15) is 4.98 Å². The van der Waals surface area contributed by atoms with E-state index < -0.39 is 0 Å². The zero-order valence-electron chi connectivity index (χ0n) is 16.5. The van der Waals surface area contributed by atoms with Crippen LogP contribution in [0.25, 0.3) is 0 Å².